The molecular formula is C14H18N6O. The highest BCUT2D eigenvalue weighted by Crippen LogP contribution is 2.28. The molecule has 3 rings (SSSR count). The van der Waals surface area contributed by atoms with Crippen molar-refractivity contribution in [3.05, 3.63) is 30.7 Å². The Balaban J connectivity index is 1.72. The first kappa shape index (κ1) is 13.4. The number of aromatic nitrogens is 3. The number of piperazine rings is 1. The van der Waals surface area contributed by atoms with Crippen molar-refractivity contribution < 1.29 is 4.74 Å². The van der Waals surface area contributed by atoms with Gasteiger partial charge in [-0.05, 0) is 12.1 Å². The molecule has 110 valence electrons. The van der Waals surface area contributed by atoms with E-state index in [4.69, 9.17) is 10.5 Å². The van der Waals surface area contributed by atoms with Gasteiger partial charge in [-0.25, -0.2) is 9.97 Å². The largest absolute Gasteiger partial charge is 0.479 e. The second kappa shape index (κ2) is 5.82. The van der Waals surface area contributed by atoms with E-state index in [-0.39, 0.29) is 0 Å². The maximum Gasteiger partial charge on any atom is 0.242 e. The summed E-state index contributed by atoms with van der Waals surface area (Å²) in [7, 11) is 1.56. The number of nitrogen functional groups attached to an aromatic ring is 1. The maximum atomic E-state index is 6.05. The van der Waals surface area contributed by atoms with Crippen LogP contribution in [0.25, 0.3) is 0 Å². The van der Waals surface area contributed by atoms with Gasteiger partial charge in [-0.1, -0.05) is 6.07 Å². The molecule has 1 aliphatic heterocycles. The summed E-state index contributed by atoms with van der Waals surface area (Å²) in [6.45, 7) is 3.42. The monoisotopic (exact) mass is 286 g/mol. The molecule has 0 unspecified atom stereocenters. The van der Waals surface area contributed by atoms with Crippen LogP contribution in [0.5, 0.6) is 5.88 Å². The van der Waals surface area contributed by atoms with Gasteiger partial charge >= 0.3 is 0 Å². The van der Waals surface area contributed by atoms with Gasteiger partial charge in [-0.3, -0.25) is 0 Å². The van der Waals surface area contributed by atoms with Gasteiger partial charge in [-0.2, -0.15) is 4.98 Å². The van der Waals surface area contributed by atoms with Crippen molar-refractivity contribution in [3.8, 4) is 5.88 Å². The molecule has 0 bridgehead atoms. The molecule has 7 heteroatoms. The first-order valence-corrected chi connectivity index (χ1v) is 6.85. The lowest BCUT2D eigenvalue weighted by Crippen LogP contribution is -2.47. The minimum Gasteiger partial charge on any atom is -0.479 e. The Bertz CT molecular complexity index is 598. The van der Waals surface area contributed by atoms with E-state index in [2.05, 4.69) is 24.8 Å². The van der Waals surface area contributed by atoms with E-state index in [0.29, 0.717) is 11.6 Å². The fourth-order valence-electron chi connectivity index (χ4n) is 2.47. The Morgan fingerprint density at radius 3 is 2.48 bits per heavy atom. The molecule has 0 spiro atoms. The summed E-state index contributed by atoms with van der Waals surface area (Å²) >= 11 is 0. The highest BCUT2D eigenvalue weighted by Gasteiger charge is 2.22. The van der Waals surface area contributed by atoms with E-state index in [1.54, 1.807) is 7.11 Å². The minimum atomic E-state index is 0.423. The highest BCUT2D eigenvalue weighted by atomic mass is 16.5. The topological polar surface area (TPSA) is 80.4 Å². The van der Waals surface area contributed by atoms with Gasteiger partial charge in [0.25, 0.3) is 0 Å². The summed E-state index contributed by atoms with van der Waals surface area (Å²) in [6, 6.07) is 5.95. The molecule has 2 aromatic heterocycles. The molecule has 7 nitrogen and oxygen atoms in total. The molecule has 2 N–H and O–H groups in total. The molecule has 1 aliphatic rings. The Labute approximate surface area is 123 Å². The summed E-state index contributed by atoms with van der Waals surface area (Å²) in [4.78, 5) is 17.1. The number of anilines is 3. The first-order valence-electron chi connectivity index (χ1n) is 6.85. The molecule has 21 heavy (non-hydrogen) atoms. The van der Waals surface area contributed by atoms with E-state index in [9.17, 15) is 0 Å². The van der Waals surface area contributed by atoms with Crippen molar-refractivity contribution in [1.29, 1.82) is 0 Å². The van der Waals surface area contributed by atoms with Crippen LogP contribution in [0.1, 0.15) is 0 Å². The summed E-state index contributed by atoms with van der Waals surface area (Å²) < 4.78 is 5.14. The van der Waals surface area contributed by atoms with Gasteiger partial charge in [0.2, 0.25) is 5.88 Å². The number of hydrogen-bond acceptors (Lipinski definition) is 7. The Morgan fingerprint density at radius 2 is 1.81 bits per heavy atom. The summed E-state index contributed by atoms with van der Waals surface area (Å²) in [5.41, 5.74) is 6.54. The molecule has 0 aliphatic carbocycles. The lowest BCUT2D eigenvalue weighted by Gasteiger charge is -2.36. The molecule has 3 heterocycles. The quantitative estimate of drug-likeness (QED) is 0.893. The van der Waals surface area contributed by atoms with Gasteiger partial charge in [0.15, 0.2) is 5.82 Å². The van der Waals surface area contributed by atoms with Crippen LogP contribution in [0.2, 0.25) is 0 Å². The van der Waals surface area contributed by atoms with Gasteiger partial charge in [0, 0.05) is 32.4 Å². The van der Waals surface area contributed by atoms with E-state index >= 15 is 0 Å². The number of hydrogen-bond donors (Lipinski definition) is 1. The first-order chi connectivity index (χ1) is 10.3. The van der Waals surface area contributed by atoms with Crippen molar-refractivity contribution in [2.75, 3.05) is 48.8 Å². The van der Waals surface area contributed by atoms with Crippen LogP contribution in [-0.4, -0.2) is 48.2 Å². The number of rotatable bonds is 3. The SMILES string of the molecule is COc1ncnc(N2CCN(c3ccccn3)CC2)c1N. The summed E-state index contributed by atoms with van der Waals surface area (Å²) in [5.74, 6) is 2.17. The second-order valence-corrected chi connectivity index (χ2v) is 4.78. The van der Waals surface area contributed by atoms with Crippen molar-refractivity contribution in [2.24, 2.45) is 0 Å². The van der Waals surface area contributed by atoms with Crippen LogP contribution in [0.15, 0.2) is 30.7 Å². The zero-order valence-corrected chi connectivity index (χ0v) is 11.9. The molecule has 2 aromatic rings. The molecule has 1 fully saturated rings. The fourth-order valence-corrected chi connectivity index (χ4v) is 2.47. The third-order valence-corrected chi connectivity index (χ3v) is 3.57. The van der Waals surface area contributed by atoms with Crippen molar-refractivity contribution >= 4 is 17.3 Å². The molecule has 1 saturated heterocycles. The molecule has 0 amide bonds. The zero-order chi connectivity index (χ0) is 14.7. The Hall–Kier alpha value is -2.57. The van der Waals surface area contributed by atoms with Crippen LogP contribution < -0.4 is 20.3 Å². The van der Waals surface area contributed by atoms with Gasteiger partial charge in [0.05, 0.1) is 7.11 Å². The standard InChI is InChI=1S/C14H18N6O/c1-21-14-12(15)13(17-10-18-14)20-8-6-19(7-9-20)11-4-2-3-5-16-11/h2-5,10H,6-9,15H2,1H3. The predicted molar refractivity (Wildman–Crippen MR) is 81.7 cm³/mol. The van der Waals surface area contributed by atoms with E-state index in [1.807, 2.05) is 24.4 Å². The molecule has 0 radical (unpaired) electrons. The van der Waals surface area contributed by atoms with Crippen molar-refractivity contribution in [2.45, 2.75) is 0 Å². The van der Waals surface area contributed by atoms with Crippen LogP contribution in [0.4, 0.5) is 17.3 Å². The predicted octanol–water partition coefficient (Wildman–Crippen LogP) is 0.789. The van der Waals surface area contributed by atoms with E-state index < -0.39 is 0 Å². The summed E-state index contributed by atoms with van der Waals surface area (Å²) in [6.07, 6.45) is 3.30. The Morgan fingerprint density at radius 1 is 1.05 bits per heavy atom. The van der Waals surface area contributed by atoms with Gasteiger partial charge < -0.3 is 20.3 Å². The summed E-state index contributed by atoms with van der Waals surface area (Å²) in [5, 5.41) is 0. The number of methoxy groups -OCH3 is 1. The highest BCUT2D eigenvalue weighted by molar-refractivity contribution is 5.68. The van der Waals surface area contributed by atoms with E-state index in [1.165, 1.54) is 6.33 Å². The minimum absolute atomic E-state index is 0.423. The lowest BCUT2D eigenvalue weighted by molar-refractivity contribution is 0.399. The molecular weight excluding hydrogens is 268 g/mol. The Kier molecular flexibility index (Phi) is 3.72. The average Bonchev–Trinajstić information content (AvgIpc) is 2.56. The number of nitrogens with two attached hydrogens (primary N) is 1. The van der Waals surface area contributed by atoms with Gasteiger partial charge in [-0.15, -0.1) is 0 Å². The normalized spacial score (nSPS) is 15.1. The molecule has 0 saturated carbocycles. The van der Waals surface area contributed by atoms with Crippen molar-refractivity contribution in [3.63, 3.8) is 0 Å². The van der Waals surface area contributed by atoms with Gasteiger partial charge in [0.1, 0.15) is 17.8 Å². The lowest BCUT2D eigenvalue weighted by atomic mass is 10.3. The fraction of sp³-hybridized carbons (Fsp3) is 0.357. The number of ether oxygens (including phenoxy) is 1. The van der Waals surface area contributed by atoms with E-state index in [0.717, 1.165) is 37.8 Å². The molecule has 0 aromatic carbocycles. The third-order valence-electron chi connectivity index (χ3n) is 3.57. The average molecular weight is 286 g/mol. The van der Waals surface area contributed by atoms with Crippen molar-refractivity contribution in [1.82, 2.24) is 15.0 Å². The smallest absolute Gasteiger partial charge is 0.242 e. The second-order valence-electron chi connectivity index (χ2n) is 4.78. The van der Waals surface area contributed by atoms with Crippen LogP contribution in [0.3, 0.4) is 0 Å². The maximum absolute atomic E-state index is 6.05. The number of pyridine rings is 1. The third kappa shape index (κ3) is 2.67. The van der Waals surface area contributed by atoms with Crippen LogP contribution in [0, 0.1) is 0 Å². The number of nitrogens with zero attached hydrogens (tertiary/aromatic N) is 5. The van der Waals surface area contributed by atoms with Crippen LogP contribution >= 0.6 is 0 Å². The zero-order valence-electron chi connectivity index (χ0n) is 11.9. The molecule has 0 atom stereocenters. The van der Waals surface area contributed by atoms with Crippen LogP contribution in [-0.2, 0) is 0 Å².